The standard InChI is InChI=1S/C13H27.C9H5ClN.Sn/c1-4-7-10-13(11-8-5-2)12-9-6-3;10-9-3-1-2-7-6-11-5-4-8(7)9;/h4-12H2,1-3H3;1-3,5-6H;. The van der Waals surface area contributed by atoms with Gasteiger partial charge in [0.1, 0.15) is 0 Å². The van der Waals surface area contributed by atoms with Crippen LogP contribution in [0.4, 0.5) is 0 Å². The van der Waals surface area contributed by atoms with Crippen LogP contribution in [0.2, 0.25) is 8.45 Å². The van der Waals surface area contributed by atoms with Gasteiger partial charge in [-0.05, 0) is 0 Å². The van der Waals surface area contributed by atoms with Gasteiger partial charge in [0, 0.05) is 0 Å². The van der Waals surface area contributed by atoms with Gasteiger partial charge in [-0.25, -0.2) is 0 Å². The van der Waals surface area contributed by atoms with Crippen molar-refractivity contribution in [1.82, 2.24) is 4.98 Å². The molecule has 1 aromatic carbocycles. The minimum absolute atomic E-state index is 0.570. The van der Waals surface area contributed by atoms with Crippen LogP contribution in [-0.4, -0.2) is 26.1 Å². The third-order valence-corrected chi connectivity index (χ3v) is 11.0. The number of halogens is 1. The first-order chi connectivity index (χ1) is 12.2. The number of benzene rings is 1. The van der Waals surface area contributed by atoms with Crippen molar-refractivity contribution in [3.63, 3.8) is 0 Å². The van der Waals surface area contributed by atoms with Gasteiger partial charge in [0.05, 0.1) is 0 Å². The maximum absolute atomic E-state index is 6.60. The average molecular weight is 465 g/mol. The zero-order valence-corrected chi connectivity index (χ0v) is 19.7. The summed E-state index contributed by atoms with van der Waals surface area (Å²) in [6, 6.07) is 6.24. The van der Waals surface area contributed by atoms with Crippen molar-refractivity contribution in [3.05, 3.63) is 35.6 Å². The molecular weight excluding hydrogens is 432 g/mol. The first kappa shape index (κ1) is 21.0. The molecule has 0 unspecified atom stereocenters. The molecule has 0 saturated carbocycles. The molecule has 0 aliphatic heterocycles. The Labute approximate surface area is 169 Å². The third kappa shape index (κ3) is 5.85. The van der Waals surface area contributed by atoms with Gasteiger partial charge >= 0.3 is 170 Å². The molecule has 2 radical (unpaired) electrons. The molecule has 1 aromatic heterocycles. The quantitative estimate of drug-likeness (QED) is 0.328. The molecule has 1 heterocycles. The van der Waals surface area contributed by atoms with Crippen molar-refractivity contribution in [2.45, 2.75) is 82.0 Å². The van der Waals surface area contributed by atoms with Crippen molar-refractivity contribution in [2.75, 3.05) is 0 Å². The van der Waals surface area contributed by atoms with Gasteiger partial charge in [0.15, 0.2) is 0 Å². The number of fused-ring (bicyclic) bond motifs is 1. The third-order valence-electron chi connectivity index (χ3n) is 5.16. The number of rotatable bonds is 11. The molecule has 0 amide bonds. The summed E-state index contributed by atoms with van der Waals surface area (Å²) in [4.78, 5) is 4.56. The minimum atomic E-state index is -0.807. The van der Waals surface area contributed by atoms with E-state index in [0.717, 1.165) is 5.02 Å². The summed E-state index contributed by atoms with van der Waals surface area (Å²) in [7, 11) is 0. The predicted molar refractivity (Wildman–Crippen MR) is 113 cm³/mol. The molecule has 0 aliphatic carbocycles. The number of hydrogen-bond donors (Lipinski definition) is 0. The van der Waals surface area contributed by atoms with Crippen molar-refractivity contribution in [3.8, 4) is 0 Å². The van der Waals surface area contributed by atoms with E-state index >= 15 is 0 Å². The summed E-state index contributed by atoms with van der Waals surface area (Å²) in [6.45, 7) is 6.98. The Bertz CT molecular complexity index is 628. The normalized spacial score (nSPS) is 12.0. The fraction of sp³-hybridized carbons (Fsp3) is 0.591. The first-order valence-electron chi connectivity index (χ1n) is 9.96. The van der Waals surface area contributed by atoms with E-state index in [-0.39, 0.29) is 0 Å². The fourth-order valence-electron chi connectivity index (χ4n) is 3.68. The van der Waals surface area contributed by atoms with Gasteiger partial charge in [-0.15, -0.1) is 0 Å². The number of pyridine rings is 1. The number of nitrogens with zero attached hydrogens (tertiary/aromatic N) is 1. The molecule has 3 heteroatoms. The summed E-state index contributed by atoms with van der Waals surface area (Å²) in [6.07, 6.45) is 16.3. The van der Waals surface area contributed by atoms with Crippen LogP contribution in [0.25, 0.3) is 10.8 Å². The van der Waals surface area contributed by atoms with E-state index in [9.17, 15) is 0 Å². The fourth-order valence-corrected chi connectivity index (χ4v) is 9.95. The van der Waals surface area contributed by atoms with Crippen LogP contribution in [0, 0.1) is 0 Å². The van der Waals surface area contributed by atoms with Crippen LogP contribution in [-0.2, 0) is 0 Å². The molecule has 0 saturated heterocycles. The van der Waals surface area contributed by atoms with E-state index in [0.29, 0.717) is 3.43 Å². The second-order valence-corrected chi connectivity index (χ2v) is 12.9. The van der Waals surface area contributed by atoms with Crippen LogP contribution in [0.15, 0.2) is 30.6 Å². The van der Waals surface area contributed by atoms with Crippen LogP contribution in [0.3, 0.4) is 0 Å². The van der Waals surface area contributed by atoms with Crippen molar-refractivity contribution in [2.24, 2.45) is 0 Å². The topological polar surface area (TPSA) is 12.9 Å². The predicted octanol–water partition coefficient (Wildman–Crippen LogP) is 6.95. The van der Waals surface area contributed by atoms with Gasteiger partial charge in [0.25, 0.3) is 0 Å². The Balaban J connectivity index is 2.40. The summed E-state index contributed by atoms with van der Waals surface area (Å²) < 4.78 is 2.08. The van der Waals surface area contributed by atoms with E-state index in [1.807, 2.05) is 18.3 Å². The van der Waals surface area contributed by atoms with Gasteiger partial charge in [0.2, 0.25) is 0 Å². The Morgan fingerprint density at radius 1 is 0.920 bits per heavy atom. The van der Waals surface area contributed by atoms with Crippen LogP contribution in [0.5, 0.6) is 0 Å². The SMILES string of the molecule is CCCC[C](CCCC)(CCCC)[Sn][c]1cncc2cccc(Cl)c12. The molecule has 1 nitrogen and oxygen atoms in total. The van der Waals surface area contributed by atoms with Gasteiger partial charge in [-0.1, -0.05) is 0 Å². The van der Waals surface area contributed by atoms with E-state index in [1.165, 1.54) is 72.1 Å². The summed E-state index contributed by atoms with van der Waals surface area (Å²) in [5, 5.41) is 3.41. The molecule has 0 fully saturated rings. The molecule has 2 rings (SSSR count). The molecule has 0 bridgehead atoms. The van der Waals surface area contributed by atoms with Crippen LogP contribution < -0.4 is 3.58 Å². The average Bonchev–Trinajstić information content (AvgIpc) is 2.63. The molecule has 0 aliphatic rings. The number of hydrogen-bond acceptors (Lipinski definition) is 1. The molecular formula is C22H32ClNSn. The molecule has 0 atom stereocenters. The molecule has 136 valence electrons. The van der Waals surface area contributed by atoms with Gasteiger partial charge < -0.3 is 0 Å². The van der Waals surface area contributed by atoms with Crippen molar-refractivity contribution in [1.29, 1.82) is 0 Å². The van der Waals surface area contributed by atoms with Crippen molar-refractivity contribution >= 4 is 47.1 Å². The van der Waals surface area contributed by atoms with Gasteiger partial charge in [-0.2, -0.15) is 0 Å². The Kier molecular flexibility index (Phi) is 9.05. The Morgan fingerprint density at radius 2 is 1.52 bits per heavy atom. The zero-order valence-electron chi connectivity index (χ0n) is 16.1. The van der Waals surface area contributed by atoms with Crippen molar-refractivity contribution < 1.29 is 0 Å². The zero-order chi connectivity index (χ0) is 18.1. The van der Waals surface area contributed by atoms with E-state index in [2.05, 4.69) is 38.0 Å². The summed E-state index contributed by atoms with van der Waals surface area (Å²) in [5.74, 6) is 0. The van der Waals surface area contributed by atoms with Crippen LogP contribution in [0.1, 0.15) is 78.6 Å². The second kappa shape index (κ2) is 10.8. The van der Waals surface area contributed by atoms with Gasteiger partial charge in [-0.3, -0.25) is 0 Å². The van der Waals surface area contributed by atoms with E-state index < -0.39 is 21.1 Å². The van der Waals surface area contributed by atoms with Crippen LogP contribution >= 0.6 is 11.6 Å². The molecule has 25 heavy (non-hydrogen) atoms. The molecule has 2 aromatic rings. The second-order valence-electron chi connectivity index (χ2n) is 7.24. The Hall–Kier alpha value is -0.281. The Morgan fingerprint density at radius 3 is 2.08 bits per heavy atom. The first-order valence-corrected chi connectivity index (χ1v) is 13.2. The number of unbranched alkanes of at least 4 members (excludes halogenated alkanes) is 3. The van der Waals surface area contributed by atoms with E-state index in [1.54, 1.807) is 0 Å². The molecule has 0 spiro atoms. The number of aromatic nitrogens is 1. The summed E-state index contributed by atoms with van der Waals surface area (Å²) >= 11 is 5.80. The van der Waals surface area contributed by atoms with E-state index in [4.69, 9.17) is 11.6 Å². The molecule has 0 N–H and O–H groups in total. The monoisotopic (exact) mass is 465 g/mol. The summed E-state index contributed by atoms with van der Waals surface area (Å²) in [5.41, 5.74) is 0. The maximum atomic E-state index is 6.60.